The maximum absolute atomic E-state index is 13.2. The number of aliphatic imine (C=N–C) groups is 1. The summed E-state index contributed by atoms with van der Waals surface area (Å²) in [6, 6.07) is -4.98. The SMILES string of the molecule is CCC(C)C(NC(=O)C(CCCN=C(N)N)NC(=O)C(N)CCC(=O)O)C(=O)NC(CCC(N)=O)C(=O)O. The van der Waals surface area contributed by atoms with E-state index in [0.29, 0.717) is 6.42 Å². The molecule has 0 heterocycles. The summed E-state index contributed by atoms with van der Waals surface area (Å²) in [6.45, 7) is 3.56. The minimum absolute atomic E-state index is 0.0468. The van der Waals surface area contributed by atoms with Crippen LogP contribution in [-0.2, 0) is 28.8 Å². The first-order chi connectivity index (χ1) is 17.7. The zero-order valence-electron chi connectivity index (χ0n) is 21.6. The number of nitrogens with two attached hydrogens (primary N) is 4. The van der Waals surface area contributed by atoms with Gasteiger partial charge in [-0.15, -0.1) is 0 Å². The van der Waals surface area contributed by atoms with Crippen LogP contribution in [0.1, 0.15) is 58.8 Å². The third-order valence-corrected chi connectivity index (χ3v) is 5.67. The number of carboxylic acids is 2. The van der Waals surface area contributed by atoms with E-state index in [4.69, 9.17) is 28.0 Å². The maximum atomic E-state index is 13.2. The van der Waals surface area contributed by atoms with Crippen LogP contribution < -0.4 is 38.9 Å². The minimum Gasteiger partial charge on any atom is -0.481 e. The number of aliphatic carboxylic acids is 2. The van der Waals surface area contributed by atoms with Gasteiger partial charge in [0.1, 0.15) is 18.1 Å². The number of primary amides is 1. The van der Waals surface area contributed by atoms with Crippen LogP contribution in [0.15, 0.2) is 4.99 Å². The van der Waals surface area contributed by atoms with E-state index < -0.39 is 65.7 Å². The Morgan fingerprint density at radius 2 is 1.42 bits per heavy atom. The Hall–Kier alpha value is -3.95. The van der Waals surface area contributed by atoms with Gasteiger partial charge in [-0.2, -0.15) is 0 Å². The number of hydrogen-bond acceptors (Lipinski definition) is 8. The van der Waals surface area contributed by atoms with Crippen molar-refractivity contribution in [3.8, 4) is 0 Å². The molecule has 16 heteroatoms. The Morgan fingerprint density at radius 3 is 1.92 bits per heavy atom. The van der Waals surface area contributed by atoms with Gasteiger partial charge in [-0.1, -0.05) is 20.3 Å². The predicted molar refractivity (Wildman–Crippen MR) is 136 cm³/mol. The fraction of sp³-hybridized carbons (Fsp3) is 0.682. The van der Waals surface area contributed by atoms with Crippen LogP contribution in [0.5, 0.6) is 0 Å². The van der Waals surface area contributed by atoms with E-state index in [9.17, 15) is 33.9 Å². The Morgan fingerprint density at radius 1 is 0.816 bits per heavy atom. The topological polar surface area (TPSA) is 295 Å². The molecule has 0 radical (unpaired) electrons. The number of nitrogens with zero attached hydrogens (tertiary/aromatic N) is 1. The molecule has 16 nitrogen and oxygen atoms in total. The molecule has 5 atom stereocenters. The maximum Gasteiger partial charge on any atom is 0.326 e. The van der Waals surface area contributed by atoms with Gasteiger partial charge in [-0.3, -0.25) is 29.0 Å². The second-order valence-corrected chi connectivity index (χ2v) is 8.83. The molecule has 0 aromatic heterocycles. The highest BCUT2D eigenvalue weighted by Crippen LogP contribution is 2.11. The van der Waals surface area contributed by atoms with Crippen molar-refractivity contribution < 1.29 is 39.0 Å². The van der Waals surface area contributed by atoms with Crippen molar-refractivity contribution in [1.29, 1.82) is 0 Å². The molecular formula is C22H40N8O8. The average Bonchev–Trinajstić information content (AvgIpc) is 2.83. The summed E-state index contributed by atoms with van der Waals surface area (Å²) in [5, 5.41) is 25.5. The van der Waals surface area contributed by atoms with Crippen molar-refractivity contribution in [3.05, 3.63) is 0 Å². The van der Waals surface area contributed by atoms with Crippen molar-refractivity contribution in [2.75, 3.05) is 6.54 Å². The van der Waals surface area contributed by atoms with E-state index in [1.54, 1.807) is 13.8 Å². The zero-order valence-corrected chi connectivity index (χ0v) is 21.6. The monoisotopic (exact) mass is 544 g/mol. The van der Waals surface area contributed by atoms with Gasteiger partial charge in [0.15, 0.2) is 5.96 Å². The van der Waals surface area contributed by atoms with Gasteiger partial charge in [0.05, 0.1) is 6.04 Å². The Bertz CT molecular complexity index is 877. The van der Waals surface area contributed by atoms with E-state index in [0.717, 1.165) is 0 Å². The molecule has 0 saturated heterocycles. The van der Waals surface area contributed by atoms with Crippen LogP contribution in [0.25, 0.3) is 0 Å². The lowest BCUT2D eigenvalue weighted by atomic mass is 9.96. The lowest BCUT2D eigenvalue weighted by Crippen LogP contribution is -2.58. The van der Waals surface area contributed by atoms with Gasteiger partial charge in [0.2, 0.25) is 23.6 Å². The van der Waals surface area contributed by atoms with Gasteiger partial charge in [-0.05, 0) is 31.6 Å². The predicted octanol–water partition coefficient (Wildman–Crippen LogP) is -2.92. The Balaban J connectivity index is 5.67. The molecule has 0 aliphatic rings. The highest BCUT2D eigenvalue weighted by Gasteiger charge is 2.32. The molecule has 0 spiro atoms. The lowest BCUT2D eigenvalue weighted by molar-refractivity contribution is -0.143. The van der Waals surface area contributed by atoms with E-state index in [-0.39, 0.29) is 51.0 Å². The molecule has 0 aromatic carbocycles. The average molecular weight is 545 g/mol. The van der Waals surface area contributed by atoms with Crippen molar-refractivity contribution >= 4 is 41.5 Å². The van der Waals surface area contributed by atoms with Crippen LogP contribution in [0.4, 0.5) is 0 Å². The summed E-state index contributed by atoms with van der Waals surface area (Å²) >= 11 is 0. The number of carbonyl (C=O) groups excluding carboxylic acids is 4. The smallest absolute Gasteiger partial charge is 0.326 e. The van der Waals surface area contributed by atoms with Crippen molar-refractivity contribution in [3.63, 3.8) is 0 Å². The van der Waals surface area contributed by atoms with Crippen LogP contribution in [0.3, 0.4) is 0 Å². The molecule has 4 amide bonds. The summed E-state index contributed by atoms with van der Waals surface area (Å²) in [7, 11) is 0. The summed E-state index contributed by atoms with van der Waals surface area (Å²) in [5.41, 5.74) is 21.4. The number of carbonyl (C=O) groups is 6. The molecule has 0 bridgehead atoms. The standard InChI is InChI=1S/C22H40N8O8/c1-3-11(2)17(20(36)29-14(21(37)38)7-8-15(24)31)30-19(35)13(5-4-10-27-22(25)26)28-18(34)12(23)6-9-16(32)33/h11-14,17H,3-10,23H2,1-2H3,(H2,24,31)(H,28,34)(H,29,36)(H,30,35)(H,32,33)(H,37,38)(H4,25,26,27). The van der Waals surface area contributed by atoms with Crippen LogP contribution in [0, 0.1) is 5.92 Å². The molecule has 216 valence electrons. The first-order valence-electron chi connectivity index (χ1n) is 12.1. The first-order valence-corrected chi connectivity index (χ1v) is 12.1. The van der Waals surface area contributed by atoms with E-state index in [1.807, 2.05) is 0 Å². The summed E-state index contributed by atoms with van der Waals surface area (Å²) in [6.07, 6.45) is -0.297. The van der Waals surface area contributed by atoms with Gasteiger partial charge in [-0.25, -0.2) is 4.79 Å². The number of hydrogen-bond donors (Lipinski definition) is 9. The fourth-order valence-corrected chi connectivity index (χ4v) is 3.22. The van der Waals surface area contributed by atoms with Gasteiger partial charge >= 0.3 is 11.9 Å². The quantitative estimate of drug-likeness (QED) is 0.0450. The molecule has 0 aliphatic heterocycles. The van der Waals surface area contributed by atoms with E-state index in [1.165, 1.54) is 0 Å². The van der Waals surface area contributed by atoms with Crippen molar-refractivity contribution in [1.82, 2.24) is 16.0 Å². The van der Waals surface area contributed by atoms with Crippen LogP contribution >= 0.6 is 0 Å². The second kappa shape index (κ2) is 17.5. The second-order valence-electron chi connectivity index (χ2n) is 8.83. The van der Waals surface area contributed by atoms with Gasteiger partial charge in [0, 0.05) is 19.4 Å². The van der Waals surface area contributed by atoms with Crippen molar-refractivity contribution in [2.24, 2.45) is 33.8 Å². The highest BCUT2D eigenvalue weighted by atomic mass is 16.4. The molecule has 0 saturated carbocycles. The number of amides is 4. The molecule has 13 N–H and O–H groups in total. The van der Waals surface area contributed by atoms with Crippen molar-refractivity contribution in [2.45, 2.75) is 83.0 Å². The molecule has 0 rings (SSSR count). The number of guanidine groups is 1. The molecule has 0 fully saturated rings. The van der Waals surface area contributed by atoms with Gasteiger partial charge in [0.25, 0.3) is 0 Å². The Labute approximate surface area is 220 Å². The minimum atomic E-state index is -1.42. The Kier molecular flexibility index (Phi) is 15.7. The molecule has 0 aliphatic carbocycles. The third kappa shape index (κ3) is 14.0. The largest absolute Gasteiger partial charge is 0.481 e. The van der Waals surface area contributed by atoms with Crippen LogP contribution in [0.2, 0.25) is 0 Å². The van der Waals surface area contributed by atoms with E-state index in [2.05, 4.69) is 20.9 Å². The highest BCUT2D eigenvalue weighted by molar-refractivity contribution is 5.94. The van der Waals surface area contributed by atoms with Crippen LogP contribution in [-0.4, -0.2) is 82.5 Å². The fourth-order valence-electron chi connectivity index (χ4n) is 3.22. The molecule has 0 aromatic rings. The normalized spacial score (nSPS) is 14.6. The van der Waals surface area contributed by atoms with E-state index >= 15 is 0 Å². The molecule has 38 heavy (non-hydrogen) atoms. The lowest BCUT2D eigenvalue weighted by Gasteiger charge is -2.28. The number of carboxylic acid groups (broad SMARTS) is 2. The zero-order chi connectivity index (χ0) is 29.4. The van der Waals surface area contributed by atoms with Gasteiger partial charge < -0.3 is 49.1 Å². The summed E-state index contributed by atoms with van der Waals surface area (Å²) < 4.78 is 0. The molecule has 5 unspecified atom stereocenters. The summed E-state index contributed by atoms with van der Waals surface area (Å²) in [5.74, 6) is -6.18. The first kappa shape index (κ1) is 34.0. The summed E-state index contributed by atoms with van der Waals surface area (Å²) in [4.78, 5) is 75.8. The third-order valence-electron chi connectivity index (χ3n) is 5.67. The number of nitrogens with one attached hydrogen (secondary N) is 3. The molecular weight excluding hydrogens is 504 g/mol. The number of rotatable bonds is 19.